The summed E-state index contributed by atoms with van der Waals surface area (Å²) in [7, 11) is 1.58. The van der Waals surface area contributed by atoms with Crippen molar-refractivity contribution in [3.05, 3.63) is 53.9 Å². The topological polar surface area (TPSA) is 108 Å². The normalized spacial score (nSPS) is 14.0. The number of carbonyl (C=O) groups excluding carboxylic acids is 1. The lowest BCUT2D eigenvalue weighted by Crippen LogP contribution is -2.37. The first-order valence-electron chi connectivity index (χ1n) is 11.2. The highest BCUT2D eigenvalue weighted by molar-refractivity contribution is 5.97. The van der Waals surface area contributed by atoms with Gasteiger partial charge in [-0.2, -0.15) is 10.1 Å². The van der Waals surface area contributed by atoms with Crippen molar-refractivity contribution in [2.24, 2.45) is 0 Å². The highest BCUT2D eigenvalue weighted by atomic mass is 16.5. The summed E-state index contributed by atoms with van der Waals surface area (Å²) in [4.78, 5) is 24.1. The molecular weight excluding hydrogens is 436 g/mol. The number of nitrogens with one attached hydrogen (secondary N) is 1. The number of hydrogen-bond donors (Lipinski definition) is 1. The number of furan rings is 1. The number of benzene rings is 1. The number of morpholine rings is 1. The zero-order valence-corrected chi connectivity index (χ0v) is 19.2. The molecule has 5 rings (SSSR count). The molecule has 0 saturated carbocycles. The van der Waals surface area contributed by atoms with E-state index in [9.17, 15) is 4.79 Å². The van der Waals surface area contributed by atoms with Gasteiger partial charge >= 0.3 is 0 Å². The Labute approximate surface area is 196 Å². The Bertz CT molecular complexity index is 1310. The summed E-state index contributed by atoms with van der Waals surface area (Å²) in [6, 6.07) is 11.7. The Morgan fingerprint density at radius 2 is 2.03 bits per heavy atom. The minimum Gasteiger partial charge on any atom is -0.445 e. The number of fused-ring (bicyclic) bond motifs is 1. The largest absolute Gasteiger partial charge is 0.445 e. The fourth-order valence-electron chi connectivity index (χ4n) is 3.85. The van der Waals surface area contributed by atoms with Crippen molar-refractivity contribution in [1.82, 2.24) is 25.1 Å². The number of methoxy groups -OCH3 is 1. The molecule has 1 saturated heterocycles. The first kappa shape index (κ1) is 22.1. The Morgan fingerprint density at radius 1 is 1.18 bits per heavy atom. The summed E-state index contributed by atoms with van der Waals surface area (Å²) in [5, 5.41) is 7.48. The second-order valence-electron chi connectivity index (χ2n) is 8.04. The van der Waals surface area contributed by atoms with Gasteiger partial charge in [-0.3, -0.25) is 4.79 Å². The standard InChI is InChI=1S/C24H26N6O4/c1-16-4-3-5-17(14-16)18-6-8-30(28-18)24-26-19-15-20(23(31)25-7-11-32-2)34-21(19)22(27-24)29-9-12-33-13-10-29/h3-6,8,14-15H,7,9-13H2,1-2H3,(H,25,31). The van der Waals surface area contributed by atoms with Crippen molar-refractivity contribution in [3.63, 3.8) is 0 Å². The van der Waals surface area contributed by atoms with Gasteiger partial charge in [-0.15, -0.1) is 0 Å². The van der Waals surface area contributed by atoms with Crippen LogP contribution >= 0.6 is 0 Å². The van der Waals surface area contributed by atoms with Crippen LogP contribution in [0.3, 0.4) is 0 Å². The molecule has 1 amide bonds. The molecule has 1 aliphatic rings. The minimum atomic E-state index is -0.328. The van der Waals surface area contributed by atoms with E-state index in [0.29, 0.717) is 62.3 Å². The van der Waals surface area contributed by atoms with Crippen LogP contribution in [0.4, 0.5) is 5.82 Å². The number of anilines is 1. The summed E-state index contributed by atoms with van der Waals surface area (Å²) < 4.78 is 18.1. The highest BCUT2D eigenvalue weighted by Gasteiger charge is 2.23. The van der Waals surface area contributed by atoms with E-state index >= 15 is 0 Å². The van der Waals surface area contributed by atoms with E-state index in [4.69, 9.17) is 24.0 Å². The van der Waals surface area contributed by atoms with Crippen LogP contribution in [-0.2, 0) is 9.47 Å². The first-order chi connectivity index (χ1) is 16.6. The quantitative estimate of drug-likeness (QED) is 0.418. The van der Waals surface area contributed by atoms with Gasteiger partial charge in [-0.05, 0) is 19.1 Å². The van der Waals surface area contributed by atoms with Gasteiger partial charge in [0.15, 0.2) is 17.2 Å². The molecule has 0 spiro atoms. The Morgan fingerprint density at radius 3 is 2.82 bits per heavy atom. The molecule has 10 heteroatoms. The van der Waals surface area contributed by atoms with Crippen LogP contribution in [0.1, 0.15) is 16.1 Å². The summed E-state index contributed by atoms with van der Waals surface area (Å²) in [6.07, 6.45) is 1.83. The number of amides is 1. The van der Waals surface area contributed by atoms with E-state index in [1.807, 2.05) is 37.4 Å². The van der Waals surface area contributed by atoms with Crippen molar-refractivity contribution in [2.45, 2.75) is 6.92 Å². The van der Waals surface area contributed by atoms with Crippen LogP contribution in [0.5, 0.6) is 0 Å². The molecule has 1 fully saturated rings. The molecule has 0 bridgehead atoms. The number of aryl methyl sites for hydroxylation is 1. The zero-order valence-electron chi connectivity index (χ0n) is 19.2. The molecule has 3 aromatic heterocycles. The molecule has 1 aromatic carbocycles. The van der Waals surface area contributed by atoms with Crippen LogP contribution in [-0.4, -0.2) is 72.2 Å². The van der Waals surface area contributed by atoms with Crippen LogP contribution in [0.15, 0.2) is 47.0 Å². The van der Waals surface area contributed by atoms with Gasteiger partial charge < -0.3 is 24.1 Å². The molecule has 0 aliphatic carbocycles. The number of nitrogens with zero attached hydrogens (tertiary/aromatic N) is 5. The Kier molecular flexibility index (Phi) is 6.24. The minimum absolute atomic E-state index is 0.174. The predicted molar refractivity (Wildman–Crippen MR) is 126 cm³/mol. The highest BCUT2D eigenvalue weighted by Crippen LogP contribution is 2.29. The molecule has 0 unspecified atom stereocenters. The van der Waals surface area contributed by atoms with Crippen LogP contribution in [0.25, 0.3) is 28.3 Å². The Balaban J connectivity index is 1.54. The lowest BCUT2D eigenvalue weighted by molar-refractivity contribution is 0.0911. The van der Waals surface area contributed by atoms with Gasteiger partial charge in [0.1, 0.15) is 5.52 Å². The number of hydrogen-bond acceptors (Lipinski definition) is 8. The van der Waals surface area contributed by atoms with Gasteiger partial charge in [0.2, 0.25) is 0 Å². The summed E-state index contributed by atoms with van der Waals surface area (Å²) >= 11 is 0. The molecule has 4 heterocycles. The number of ether oxygens (including phenoxy) is 2. The van der Waals surface area contributed by atoms with Gasteiger partial charge in [0.05, 0.1) is 25.5 Å². The van der Waals surface area contributed by atoms with Crippen LogP contribution in [0, 0.1) is 6.92 Å². The summed E-state index contributed by atoms with van der Waals surface area (Å²) in [5.74, 6) is 0.866. The van der Waals surface area contributed by atoms with Crippen LogP contribution < -0.4 is 10.2 Å². The average Bonchev–Trinajstić information content (AvgIpc) is 3.52. The smallest absolute Gasteiger partial charge is 0.287 e. The van der Waals surface area contributed by atoms with Gasteiger partial charge in [-0.25, -0.2) is 9.67 Å². The van der Waals surface area contributed by atoms with Gasteiger partial charge in [0.25, 0.3) is 11.9 Å². The second-order valence-corrected chi connectivity index (χ2v) is 8.04. The van der Waals surface area contributed by atoms with Crippen LogP contribution in [0.2, 0.25) is 0 Å². The SMILES string of the molecule is COCCNC(=O)c1cc2nc(-n3ccc(-c4cccc(C)c4)n3)nc(N3CCOCC3)c2o1. The molecular formula is C24H26N6O4. The van der Waals surface area contributed by atoms with Crippen molar-refractivity contribution in [1.29, 1.82) is 0 Å². The first-order valence-corrected chi connectivity index (χ1v) is 11.2. The van der Waals surface area contributed by atoms with E-state index in [2.05, 4.69) is 21.3 Å². The summed E-state index contributed by atoms with van der Waals surface area (Å²) in [6.45, 7) is 5.35. The van der Waals surface area contributed by atoms with E-state index in [1.54, 1.807) is 17.9 Å². The van der Waals surface area contributed by atoms with E-state index in [-0.39, 0.29) is 11.7 Å². The number of carbonyl (C=O) groups is 1. The van der Waals surface area contributed by atoms with Crippen molar-refractivity contribution in [3.8, 4) is 17.2 Å². The third-order valence-electron chi connectivity index (χ3n) is 5.58. The zero-order chi connectivity index (χ0) is 23.5. The fourth-order valence-corrected chi connectivity index (χ4v) is 3.85. The predicted octanol–water partition coefficient (Wildman–Crippen LogP) is 2.60. The lowest BCUT2D eigenvalue weighted by atomic mass is 10.1. The third-order valence-corrected chi connectivity index (χ3v) is 5.58. The maximum absolute atomic E-state index is 12.6. The van der Waals surface area contributed by atoms with Gasteiger partial charge in [-0.1, -0.05) is 23.8 Å². The molecule has 1 N–H and O–H groups in total. The third kappa shape index (κ3) is 4.50. The molecule has 10 nitrogen and oxygen atoms in total. The summed E-state index contributed by atoms with van der Waals surface area (Å²) in [5.41, 5.74) is 4.01. The molecule has 1 aliphatic heterocycles. The number of rotatable bonds is 7. The fraction of sp³-hybridized carbons (Fsp3) is 0.333. The van der Waals surface area contributed by atoms with E-state index in [1.165, 1.54) is 0 Å². The van der Waals surface area contributed by atoms with Gasteiger partial charge in [0, 0.05) is 44.6 Å². The molecule has 0 radical (unpaired) electrons. The monoisotopic (exact) mass is 462 g/mol. The maximum Gasteiger partial charge on any atom is 0.287 e. The maximum atomic E-state index is 12.6. The van der Waals surface area contributed by atoms with Crippen molar-refractivity contribution >= 4 is 22.8 Å². The molecule has 0 atom stereocenters. The Hall–Kier alpha value is -3.76. The van der Waals surface area contributed by atoms with Crippen molar-refractivity contribution in [2.75, 3.05) is 51.5 Å². The van der Waals surface area contributed by atoms with E-state index < -0.39 is 0 Å². The lowest BCUT2D eigenvalue weighted by Gasteiger charge is -2.27. The average molecular weight is 463 g/mol. The second kappa shape index (κ2) is 9.62. The number of aromatic nitrogens is 4. The molecule has 176 valence electrons. The molecule has 34 heavy (non-hydrogen) atoms. The molecule has 4 aromatic rings. The van der Waals surface area contributed by atoms with Crippen molar-refractivity contribution < 1.29 is 18.7 Å². The van der Waals surface area contributed by atoms with E-state index in [0.717, 1.165) is 16.8 Å².